The molecule has 4 aromatic rings. The summed E-state index contributed by atoms with van der Waals surface area (Å²) in [6, 6.07) is 17.8. The second kappa shape index (κ2) is 9.93. The lowest BCUT2D eigenvalue weighted by Gasteiger charge is -2.08. The number of hydrogen-bond acceptors (Lipinski definition) is 5. The Morgan fingerprint density at radius 2 is 1.94 bits per heavy atom. The number of amides is 1. The number of H-pyrrole nitrogens is 1. The highest BCUT2D eigenvalue weighted by Crippen LogP contribution is 2.32. The zero-order valence-electron chi connectivity index (χ0n) is 17.7. The van der Waals surface area contributed by atoms with E-state index in [-0.39, 0.29) is 5.91 Å². The van der Waals surface area contributed by atoms with Gasteiger partial charge in [0.05, 0.1) is 18.5 Å². The van der Waals surface area contributed by atoms with E-state index in [1.54, 1.807) is 61.9 Å². The maximum Gasteiger partial charge on any atom is 0.256 e. The number of ether oxygens (including phenoxy) is 1. The number of aromatic nitrogens is 3. The Morgan fingerprint density at radius 1 is 1.12 bits per heavy atom. The SMILES string of the molecule is COc1ccc(C(=O)Nc2cc(-c3[nH]c(/C=C\C=N)nc3-c3cccc(Cl)c3)ccn2)cc1. The van der Waals surface area contributed by atoms with Crippen molar-refractivity contribution >= 4 is 35.6 Å². The highest BCUT2D eigenvalue weighted by Gasteiger charge is 2.15. The van der Waals surface area contributed by atoms with Crippen molar-refractivity contribution in [1.82, 2.24) is 15.0 Å². The van der Waals surface area contributed by atoms with Crippen LogP contribution in [0.2, 0.25) is 5.02 Å². The Balaban J connectivity index is 1.68. The zero-order chi connectivity index (χ0) is 23.2. The first-order chi connectivity index (χ1) is 16.1. The van der Waals surface area contributed by atoms with Crippen LogP contribution in [0.1, 0.15) is 16.2 Å². The van der Waals surface area contributed by atoms with Gasteiger partial charge in [0.15, 0.2) is 0 Å². The lowest BCUT2D eigenvalue weighted by molar-refractivity contribution is 0.102. The van der Waals surface area contributed by atoms with Crippen LogP contribution in [0, 0.1) is 5.41 Å². The van der Waals surface area contributed by atoms with Gasteiger partial charge in [-0.1, -0.05) is 23.7 Å². The quantitative estimate of drug-likeness (QED) is 0.309. The van der Waals surface area contributed by atoms with Gasteiger partial charge in [-0.2, -0.15) is 0 Å². The molecule has 2 heterocycles. The topological polar surface area (TPSA) is 104 Å². The number of carbonyl (C=O) groups excluding carboxylic acids is 1. The van der Waals surface area contributed by atoms with Crippen LogP contribution in [0.25, 0.3) is 28.6 Å². The van der Waals surface area contributed by atoms with Gasteiger partial charge in [-0.15, -0.1) is 0 Å². The summed E-state index contributed by atoms with van der Waals surface area (Å²) in [5.41, 5.74) is 3.55. The number of hydrogen-bond donors (Lipinski definition) is 3. The van der Waals surface area contributed by atoms with Gasteiger partial charge in [-0.05, 0) is 60.7 Å². The number of benzene rings is 2. The van der Waals surface area contributed by atoms with E-state index in [4.69, 9.17) is 21.7 Å². The van der Waals surface area contributed by atoms with Crippen LogP contribution in [0.3, 0.4) is 0 Å². The fourth-order valence-electron chi connectivity index (χ4n) is 3.25. The Hall–Kier alpha value is -4.23. The minimum Gasteiger partial charge on any atom is -0.497 e. The highest BCUT2D eigenvalue weighted by atomic mass is 35.5. The van der Waals surface area contributed by atoms with Crippen LogP contribution in [0.4, 0.5) is 5.82 Å². The maximum absolute atomic E-state index is 12.7. The normalized spacial score (nSPS) is 10.8. The van der Waals surface area contributed by atoms with Gasteiger partial charge < -0.3 is 20.4 Å². The summed E-state index contributed by atoms with van der Waals surface area (Å²) in [6.07, 6.45) is 6.09. The first-order valence-corrected chi connectivity index (χ1v) is 10.4. The number of aromatic amines is 1. The summed E-state index contributed by atoms with van der Waals surface area (Å²) >= 11 is 6.20. The molecule has 7 nitrogen and oxygen atoms in total. The van der Waals surface area contributed by atoms with E-state index in [1.807, 2.05) is 24.3 Å². The average Bonchev–Trinajstić information content (AvgIpc) is 3.27. The predicted octanol–water partition coefficient (Wildman–Crippen LogP) is 5.72. The molecular weight excluding hydrogens is 438 g/mol. The molecule has 8 heteroatoms. The van der Waals surface area contributed by atoms with Gasteiger partial charge in [0.1, 0.15) is 17.4 Å². The summed E-state index contributed by atoms with van der Waals surface area (Å²) in [4.78, 5) is 24.9. The first-order valence-electron chi connectivity index (χ1n) is 10.0. The van der Waals surface area contributed by atoms with E-state index in [0.29, 0.717) is 33.7 Å². The largest absolute Gasteiger partial charge is 0.497 e. The van der Waals surface area contributed by atoms with Gasteiger partial charge in [-0.25, -0.2) is 9.97 Å². The highest BCUT2D eigenvalue weighted by molar-refractivity contribution is 6.30. The van der Waals surface area contributed by atoms with Crippen molar-refractivity contribution < 1.29 is 9.53 Å². The molecule has 1 amide bonds. The third-order valence-corrected chi connectivity index (χ3v) is 5.05. The van der Waals surface area contributed by atoms with Crippen molar-refractivity contribution in [3.05, 3.63) is 89.3 Å². The average molecular weight is 458 g/mol. The molecule has 0 saturated carbocycles. The Morgan fingerprint density at radius 3 is 2.67 bits per heavy atom. The van der Waals surface area contributed by atoms with Gasteiger partial charge in [0.2, 0.25) is 0 Å². The minimum atomic E-state index is -0.281. The molecule has 33 heavy (non-hydrogen) atoms. The Kier molecular flexibility index (Phi) is 6.61. The molecule has 0 aliphatic rings. The molecular formula is C25H20ClN5O2. The van der Waals surface area contributed by atoms with E-state index < -0.39 is 0 Å². The van der Waals surface area contributed by atoms with E-state index in [9.17, 15) is 4.79 Å². The van der Waals surface area contributed by atoms with Crippen LogP contribution in [0.15, 0.2) is 72.9 Å². The number of carbonyl (C=O) groups is 1. The van der Waals surface area contributed by atoms with Gasteiger partial charge in [0.25, 0.3) is 5.91 Å². The van der Waals surface area contributed by atoms with E-state index in [0.717, 1.165) is 16.8 Å². The van der Waals surface area contributed by atoms with Crippen LogP contribution in [0.5, 0.6) is 5.75 Å². The molecule has 0 atom stereocenters. The molecule has 0 aliphatic carbocycles. The number of anilines is 1. The number of nitrogens with one attached hydrogen (secondary N) is 3. The van der Waals surface area contributed by atoms with Crippen molar-refractivity contribution in [2.45, 2.75) is 0 Å². The van der Waals surface area contributed by atoms with Crippen molar-refractivity contribution in [2.24, 2.45) is 0 Å². The standard InChI is InChI=1S/C25H20ClN5O2/c1-33-20-9-7-16(8-10-20)25(32)31-22-15-18(11-13-28-22)24-23(17-4-2-5-19(26)14-17)29-21(30-24)6-3-12-27/h2-15,27H,1H3,(H,29,30)(H,28,31,32)/b6-3-,27-12?. The van der Waals surface area contributed by atoms with Crippen molar-refractivity contribution in [1.29, 1.82) is 5.41 Å². The van der Waals surface area contributed by atoms with Crippen LogP contribution >= 0.6 is 11.6 Å². The molecule has 0 saturated heterocycles. The maximum atomic E-state index is 12.7. The number of pyridine rings is 1. The smallest absolute Gasteiger partial charge is 0.256 e. The van der Waals surface area contributed by atoms with E-state index in [1.165, 1.54) is 6.21 Å². The number of imidazole rings is 1. The molecule has 3 N–H and O–H groups in total. The molecule has 2 aromatic heterocycles. The Labute approximate surface area is 195 Å². The molecule has 4 rings (SSSR count). The zero-order valence-corrected chi connectivity index (χ0v) is 18.4. The summed E-state index contributed by atoms with van der Waals surface area (Å²) in [6.45, 7) is 0. The van der Waals surface area contributed by atoms with Crippen LogP contribution in [-0.2, 0) is 0 Å². The second-order valence-corrected chi connectivity index (χ2v) is 7.43. The summed E-state index contributed by atoms with van der Waals surface area (Å²) < 4.78 is 5.13. The van der Waals surface area contributed by atoms with Gasteiger partial charge >= 0.3 is 0 Å². The lowest BCUT2D eigenvalue weighted by Crippen LogP contribution is -2.12. The van der Waals surface area contributed by atoms with Crippen molar-refractivity contribution in [3.63, 3.8) is 0 Å². The molecule has 0 spiro atoms. The van der Waals surface area contributed by atoms with Crippen LogP contribution in [-0.4, -0.2) is 34.2 Å². The summed E-state index contributed by atoms with van der Waals surface area (Å²) in [5, 5.41) is 10.7. The third kappa shape index (κ3) is 5.16. The number of rotatable bonds is 7. The number of methoxy groups -OCH3 is 1. The molecule has 0 bridgehead atoms. The summed E-state index contributed by atoms with van der Waals surface area (Å²) in [5.74, 6) is 1.38. The lowest BCUT2D eigenvalue weighted by atomic mass is 10.1. The first kappa shape index (κ1) is 22.0. The van der Waals surface area contributed by atoms with E-state index >= 15 is 0 Å². The molecule has 0 radical (unpaired) electrons. The Bertz CT molecular complexity index is 1330. The number of nitrogens with zero attached hydrogens (tertiary/aromatic N) is 2. The molecule has 0 fully saturated rings. The molecule has 2 aromatic carbocycles. The van der Waals surface area contributed by atoms with Gasteiger partial charge in [-0.3, -0.25) is 4.79 Å². The summed E-state index contributed by atoms with van der Waals surface area (Å²) in [7, 11) is 1.57. The monoisotopic (exact) mass is 457 g/mol. The molecule has 164 valence electrons. The number of allylic oxidation sites excluding steroid dienone is 1. The minimum absolute atomic E-state index is 0.281. The van der Waals surface area contributed by atoms with E-state index in [2.05, 4.69) is 20.3 Å². The molecule has 0 unspecified atom stereocenters. The predicted molar refractivity (Wildman–Crippen MR) is 131 cm³/mol. The number of halogens is 1. The van der Waals surface area contributed by atoms with Gasteiger partial charge in [0, 0.05) is 34.1 Å². The van der Waals surface area contributed by atoms with Crippen LogP contribution < -0.4 is 10.1 Å². The fourth-order valence-corrected chi connectivity index (χ4v) is 3.44. The molecule has 0 aliphatic heterocycles. The van der Waals surface area contributed by atoms with Crippen molar-refractivity contribution in [2.75, 3.05) is 12.4 Å². The van der Waals surface area contributed by atoms with Crippen molar-refractivity contribution in [3.8, 4) is 28.3 Å². The second-order valence-electron chi connectivity index (χ2n) is 6.99. The fraction of sp³-hybridized carbons (Fsp3) is 0.0400. The third-order valence-electron chi connectivity index (χ3n) is 4.81.